The highest BCUT2D eigenvalue weighted by Crippen LogP contribution is 2.35. The van der Waals surface area contributed by atoms with Crippen molar-refractivity contribution in [3.63, 3.8) is 0 Å². The Balaban J connectivity index is 2.05. The minimum absolute atomic E-state index is 0.0315. The monoisotopic (exact) mass is 890 g/mol. The summed E-state index contributed by atoms with van der Waals surface area (Å²) in [6, 6.07) is -4.75. The van der Waals surface area contributed by atoms with Crippen molar-refractivity contribution in [1.82, 2.24) is 20.9 Å². The third kappa shape index (κ3) is 15.5. The Hall–Kier alpha value is -4.23. The van der Waals surface area contributed by atoms with Gasteiger partial charge >= 0.3 is 18.3 Å². The molecule has 23 heteroatoms. The van der Waals surface area contributed by atoms with Crippen LogP contribution < -0.4 is 33.2 Å². The second-order valence-electron chi connectivity index (χ2n) is 18.8. The van der Waals surface area contributed by atoms with Gasteiger partial charge in [-0.2, -0.15) is 0 Å². The number of nitrogens with two attached hydrogens (primary N) is 3. The van der Waals surface area contributed by atoms with Crippen molar-refractivity contribution in [2.24, 2.45) is 22.2 Å². The van der Waals surface area contributed by atoms with Gasteiger partial charge < -0.3 is 91.6 Å². The van der Waals surface area contributed by atoms with E-state index in [0.717, 1.165) is 4.90 Å². The van der Waals surface area contributed by atoms with E-state index in [9.17, 15) is 39.6 Å². The third-order valence-corrected chi connectivity index (χ3v) is 9.54. The molecule has 23 nitrogen and oxygen atoms in total. The molecule has 0 aromatic rings. The number of ether oxygens (including phenoxy) is 7. The highest BCUT2D eigenvalue weighted by atomic mass is 16.7. The molecule has 2 fully saturated rings. The van der Waals surface area contributed by atoms with Crippen molar-refractivity contribution in [1.29, 1.82) is 0 Å². The Bertz CT molecular complexity index is 1610. The number of hydrogen-bond donors (Lipinski definition) is 10. The van der Waals surface area contributed by atoms with Crippen LogP contribution in [-0.4, -0.2) is 172 Å². The Morgan fingerprint density at radius 1 is 0.903 bits per heavy atom. The molecule has 3 rings (SSSR count). The Labute approximate surface area is 362 Å². The van der Waals surface area contributed by atoms with E-state index in [0.29, 0.717) is 5.76 Å². The molecule has 1 saturated carbocycles. The zero-order chi connectivity index (χ0) is 47.1. The topological polar surface area (TPSA) is 344 Å². The van der Waals surface area contributed by atoms with E-state index in [2.05, 4.69) is 20.9 Å². The molecular formula is C39H70N8O15. The fraction of sp³-hybridized carbons (Fsp3) is 0.821. The van der Waals surface area contributed by atoms with Crippen molar-refractivity contribution in [2.75, 3.05) is 26.7 Å². The van der Waals surface area contributed by atoms with Crippen molar-refractivity contribution in [3.05, 3.63) is 11.8 Å². The number of carbonyl (C=O) groups excluding carboxylic acids is 4. The lowest BCUT2D eigenvalue weighted by molar-refractivity contribution is -0.311. The summed E-state index contributed by atoms with van der Waals surface area (Å²) in [5.74, 6) is -0.939. The second kappa shape index (κ2) is 21.0. The summed E-state index contributed by atoms with van der Waals surface area (Å²) in [4.78, 5) is 57.5. The first-order chi connectivity index (χ1) is 28.4. The fourth-order valence-corrected chi connectivity index (χ4v) is 7.00. The van der Waals surface area contributed by atoms with Crippen LogP contribution in [0.25, 0.3) is 0 Å². The van der Waals surface area contributed by atoms with Gasteiger partial charge in [-0.25, -0.2) is 19.4 Å². The lowest BCUT2D eigenvalue weighted by Crippen LogP contribution is -2.70. The maximum absolute atomic E-state index is 13.6. The minimum Gasteiger partial charge on any atom is -0.466 e. The standard InChI is InChI=1S/C39H70N8O15/c1-36(2,3)60-33(52)43-15-14-23(48)29(51)44-21-16-22(46-34(53)61-37(4,5)6)27(58-30-20(45-32(41)42)13-12-19(17-40)57-30)24(49)26(21)59-31-25(50)28(39(10,55)18-56-31)47(11)35(54)62-38(7,8)9/h12,20-28,30-31,48-50,55H,13-18,40H2,1-11H3,(H,43,52)(H,44,51)(H,46,53)(H4,41,42,45)/t20-,21-,22+,23+,24-,25-,26+,27-,28-,30-,31-,39+/m1/s1. The number of rotatable bonds is 13. The van der Waals surface area contributed by atoms with Crippen LogP contribution >= 0.6 is 0 Å². The molecule has 0 spiro atoms. The highest BCUT2D eigenvalue weighted by molar-refractivity contribution is 5.81. The molecule has 0 aromatic carbocycles. The summed E-state index contributed by atoms with van der Waals surface area (Å²) in [6.45, 7) is 15.5. The van der Waals surface area contributed by atoms with Crippen LogP contribution in [0.2, 0.25) is 0 Å². The smallest absolute Gasteiger partial charge is 0.410 e. The predicted molar refractivity (Wildman–Crippen MR) is 221 cm³/mol. The summed E-state index contributed by atoms with van der Waals surface area (Å²) in [7, 11) is 1.31. The number of likely N-dealkylation sites (N-methyl/N-ethyl adjacent to an activating group) is 1. The Kier molecular flexibility index (Phi) is 17.6. The molecular weight excluding hydrogens is 820 g/mol. The van der Waals surface area contributed by atoms with Gasteiger partial charge in [0.15, 0.2) is 12.2 Å². The summed E-state index contributed by atoms with van der Waals surface area (Å²) in [5, 5.41) is 54.2. The molecule has 0 radical (unpaired) electrons. The maximum atomic E-state index is 13.6. The van der Waals surface area contributed by atoms with E-state index in [4.69, 9.17) is 50.4 Å². The first-order valence-electron chi connectivity index (χ1n) is 20.5. The van der Waals surface area contributed by atoms with Crippen LogP contribution in [0.4, 0.5) is 14.4 Å². The van der Waals surface area contributed by atoms with Gasteiger partial charge in [-0.1, -0.05) is 0 Å². The van der Waals surface area contributed by atoms with E-state index in [1.807, 2.05) is 0 Å². The average molecular weight is 891 g/mol. The van der Waals surface area contributed by atoms with Crippen LogP contribution in [-0.2, 0) is 38.0 Å². The zero-order valence-electron chi connectivity index (χ0n) is 37.6. The van der Waals surface area contributed by atoms with E-state index < -0.39 is 120 Å². The van der Waals surface area contributed by atoms with Crippen LogP contribution in [0.3, 0.4) is 0 Å². The lowest BCUT2D eigenvalue weighted by atomic mass is 9.82. The molecule has 62 heavy (non-hydrogen) atoms. The van der Waals surface area contributed by atoms with Crippen molar-refractivity contribution < 1.29 is 72.8 Å². The lowest BCUT2D eigenvalue weighted by Gasteiger charge is -2.50. The molecule has 0 unspecified atom stereocenters. The quantitative estimate of drug-likeness (QED) is 0.0609. The number of nitrogens with one attached hydrogen (secondary N) is 3. The molecule has 1 aliphatic carbocycles. The van der Waals surface area contributed by atoms with Crippen LogP contribution in [0, 0.1) is 0 Å². The van der Waals surface area contributed by atoms with Crippen LogP contribution in [0.15, 0.2) is 16.8 Å². The third-order valence-electron chi connectivity index (χ3n) is 9.54. The van der Waals surface area contributed by atoms with Crippen molar-refractivity contribution in [3.8, 4) is 0 Å². The van der Waals surface area contributed by atoms with Gasteiger partial charge in [-0.3, -0.25) is 4.79 Å². The summed E-state index contributed by atoms with van der Waals surface area (Å²) >= 11 is 0. The fourth-order valence-electron chi connectivity index (χ4n) is 7.00. The highest BCUT2D eigenvalue weighted by Gasteiger charge is 2.55. The summed E-state index contributed by atoms with van der Waals surface area (Å²) < 4.78 is 40.7. The first-order valence-corrected chi connectivity index (χ1v) is 20.5. The predicted octanol–water partition coefficient (Wildman–Crippen LogP) is -0.890. The largest absolute Gasteiger partial charge is 0.466 e. The maximum Gasteiger partial charge on any atom is 0.410 e. The van der Waals surface area contributed by atoms with Crippen molar-refractivity contribution >= 4 is 30.1 Å². The second-order valence-corrected chi connectivity index (χ2v) is 18.8. The van der Waals surface area contributed by atoms with Crippen LogP contribution in [0.5, 0.6) is 0 Å². The molecule has 3 aliphatic rings. The van der Waals surface area contributed by atoms with E-state index >= 15 is 0 Å². The first kappa shape index (κ1) is 52.1. The molecule has 356 valence electrons. The van der Waals surface area contributed by atoms with Crippen LogP contribution in [0.1, 0.15) is 88.5 Å². The normalized spacial score (nSPS) is 30.9. The SMILES string of the molecule is CN(C(=O)OC(C)(C)C)[C@@H]1[C@@H](O)[C@@H](O[C@@H]2[C@@H](O)[C@H](O[C@H]3OC(CN)=CC[C@H]3N=C(N)N)[C@@H](NC(=O)OC(C)(C)C)C[C@H]2NC(=O)[C@@H](O)CCNC(=O)OC(C)(C)C)OC[C@]1(C)O. The van der Waals surface area contributed by atoms with E-state index in [-0.39, 0.29) is 38.3 Å². The van der Waals surface area contributed by atoms with Gasteiger partial charge in [0.2, 0.25) is 12.2 Å². The summed E-state index contributed by atoms with van der Waals surface area (Å²) in [5.41, 5.74) is 12.8. The number of hydrogen-bond acceptors (Lipinski definition) is 17. The molecule has 2 heterocycles. The van der Waals surface area contributed by atoms with Gasteiger partial charge in [-0.15, -0.1) is 0 Å². The number of aliphatic hydroxyl groups is 4. The zero-order valence-corrected chi connectivity index (χ0v) is 37.6. The number of alkyl carbamates (subject to hydrolysis) is 2. The average Bonchev–Trinajstić information content (AvgIpc) is 3.10. The van der Waals surface area contributed by atoms with Gasteiger partial charge in [-0.05, 0) is 94.6 Å². The number of carbonyl (C=O) groups is 4. The number of nitrogens with zero attached hydrogens (tertiary/aromatic N) is 2. The molecule has 1 saturated heterocycles. The Morgan fingerprint density at radius 3 is 2.00 bits per heavy atom. The van der Waals surface area contributed by atoms with Gasteiger partial charge in [0.05, 0.1) is 31.3 Å². The summed E-state index contributed by atoms with van der Waals surface area (Å²) in [6.07, 6.45) is -12.6. The molecule has 0 bridgehead atoms. The van der Waals surface area contributed by atoms with E-state index in [1.165, 1.54) is 14.0 Å². The molecule has 4 amide bonds. The van der Waals surface area contributed by atoms with Gasteiger partial charge in [0, 0.05) is 13.6 Å². The number of aliphatic imine (C=N–C) groups is 1. The molecule has 2 aliphatic heterocycles. The van der Waals surface area contributed by atoms with E-state index in [1.54, 1.807) is 68.4 Å². The van der Waals surface area contributed by atoms with Gasteiger partial charge in [0.25, 0.3) is 0 Å². The molecule has 0 aromatic heterocycles. The number of amides is 4. The Morgan fingerprint density at radius 2 is 1.45 bits per heavy atom. The van der Waals surface area contributed by atoms with Crippen molar-refractivity contribution in [2.45, 2.75) is 178 Å². The molecule has 12 atom stereocenters. The van der Waals surface area contributed by atoms with Gasteiger partial charge in [0.1, 0.15) is 64.7 Å². The minimum atomic E-state index is -1.85. The molecule has 13 N–H and O–H groups in total. The number of guanidine groups is 1. The number of aliphatic hydroxyl groups excluding tert-OH is 3.